The van der Waals surface area contributed by atoms with Crippen LogP contribution in [0.5, 0.6) is 0 Å². The van der Waals surface area contributed by atoms with E-state index in [0.29, 0.717) is 17.4 Å². The molecule has 8 nitrogen and oxygen atoms in total. The summed E-state index contributed by atoms with van der Waals surface area (Å²) in [7, 11) is 1.23. The number of aliphatic hydroxyl groups excluding tert-OH is 1. The van der Waals surface area contributed by atoms with Gasteiger partial charge in [-0.15, -0.1) is 0 Å². The van der Waals surface area contributed by atoms with E-state index < -0.39 is 26.6 Å². The van der Waals surface area contributed by atoms with Gasteiger partial charge in [0.25, 0.3) is 7.82 Å². The number of phosphoric acid groups is 1. The van der Waals surface area contributed by atoms with Crippen LogP contribution in [-0.4, -0.2) is 68.5 Å². The molecule has 0 saturated carbocycles. The van der Waals surface area contributed by atoms with Gasteiger partial charge in [-0.05, 0) is 70.6 Å². The fourth-order valence-corrected chi connectivity index (χ4v) is 7.55. The van der Waals surface area contributed by atoms with Gasteiger partial charge in [0.15, 0.2) is 0 Å². The third-order valence-electron chi connectivity index (χ3n) is 10.7. The van der Waals surface area contributed by atoms with Crippen molar-refractivity contribution in [3.8, 4) is 0 Å². The standard InChI is InChI=1S/C50H95N2O6P/c1-6-8-10-12-14-16-18-20-22-23-24-25-26-27-28-29-30-32-34-36-38-40-42-44-50(54)51-48(47-58-59(55,56)57-46-45-52(3,4)5)49(53)43-41-39-37-35-33-31-21-19-17-15-13-11-9-7-2/h17,19,23-24,33,35,41,43,48-49,53H,6-16,18,20-22,25-32,34,36-40,42,44-47H2,1-5H3,(H-,51,54,55,56)/b19-17+,24-23-,35-33+,43-41+. The number of allylic oxidation sites excluding steroid dienone is 7. The van der Waals surface area contributed by atoms with Gasteiger partial charge in [0, 0.05) is 6.42 Å². The SMILES string of the molecule is CCCCCC/C=C/CC/C=C/CC/C=C/C(O)C(COP(=O)([O-])OCC[N+](C)(C)C)NC(=O)CCCCCCCCCCCCC/C=C\CCCCCCCCCC. The zero-order chi connectivity index (χ0) is 43.6. The van der Waals surface area contributed by atoms with Gasteiger partial charge in [-0.25, -0.2) is 0 Å². The number of hydrogen-bond acceptors (Lipinski definition) is 6. The predicted octanol–water partition coefficient (Wildman–Crippen LogP) is 13.4. The quantitative estimate of drug-likeness (QED) is 0.0274. The van der Waals surface area contributed by atoms with Gasteiger partial charge in [0.2, 0.25) is 5.91 Å². The highest BCUT2D eigenvalue weighted by Gasteiger charge is 2.23. The van der Waals surface area contributed by atoms with E-state index in [1.807, 2.05) is 27.2 Å². The number of unbranched alkanes of at least 4 members (excludes halogenated alkanes) is 25. The fraction of sp³-hybridized carbons (Fsp3) is 0.820. The third-order valence-corrected chi connectivity index (χ3v) is 11.7. The highest BCUT2D eigenvalue weighted by molar-refractivity contribution is 7.45. The van der Waals surface area contributed by atoms with Crippen molar-refractivity contribution in [3.63, 3.8) is 0 Å². The number of hydrogen-bond donors (Lipinski definition) is 2. The van der Waals surface area contributed by atoms with E-state index in [9.17, 15) is 19.4 Å². The maximum Gasteiger partial charge on any atom is 0.268 e. The third kappa shape index (κ3) is 44.3. The molecule has 0 aromatic carbocycles. The van der Waals surface area contributed by atoms with Crippen LogP contribution in [-0.2, 0) is 18.4 Å². The number of carbonyl (C=O) groups excluding carboxylic acids is 1. The van der Waals surface area contributed by atoms with Crippen molar-refractivity contribution < 1.29 is 32.9 Å². The second-order valence-electron chi connectivity index (χ2n) is 17.8. The molecule has 0 bridgehead atoms. The smallest absolute Gasteiger partial charge is 0.268 e. The summed E-state index contributed by atoms with van der Waals surface area (Å²) in [6.45, 7) is 4.59. The monoisotopic (exact) mass is 851 g/mol. The van der Waals surface area contributed by atoms with Gasteiger partial charge in [0.1, 0.15) is 13.2 Å². The molecule has 59 heavy (non-hydrogen) atoms. The summed E-state index contributed by atoms with van der Waals surface area (Å²) in [6, 6.07) is -0.909. The van der Waals surface area contributed by atoms with E-state index >= 15 is 0 Å². The molecule has 0 aliphatic heterocycles. The summed E-state index contributed by atoms with van der Waals surface area (Å²) in [6.07, 6.45) is 53.1. The highest BCUT2D eigenvalue weighted by Crippen LogP contribution is 2.38. The first kappa shape index (κ1) is 57.5. The summed E-state index contributed by atoms with van der Waals surface area (Å²) < 4.78 is 23.2. The van der Waals surface area contributed by atoms with Crippen LogP contribution in [0.3, 0.4) is 0 Å². The van der Waals surface area contributed by atoms with Gasteiger partial charge in [-0.3, -0.25) is 9.36 Å². The minimum Gasteiger partial charge on any atom is -0.756 e. The van der Waals surface area contributed by atoms with Crippen molar-refractivity contribution in [2.75, 3.05) is 40.9 Å². The van der Waals surface area contributed by atoms with Crippen molar-refractivity contribution in [2.24, 2.45) is 0 Å². The Hall–Kier alpha value is -1.54. The Morgan fingerprint density at radius 1 is 0.576 bits per heavy atom. The minimum absolute atomic E-state index is 0.00977. The van der Waals surface area contributed by atoms with E-state index in [4.69, 9.17) is 9.05 Å². The summed E-state index contributed by atoms with van der Waals surface area (Å²) in [5.74, 6) is -0.213. The lowest BCUT2D eigenvalue weighted by Gasteiger charge is -2.29. The summed E-state index contributed by atoms with van der Waals surface area (Å²) in [5.41, 5.74) is 0. The maximum absolute atomic E-state index is 12.9. The summed E-state index contributed by atoms with van der Waals surface area (Å²) >= 11 is 0. The summed E-state index contributed by atoms with van der Waals surface area (Å²) in [4.78, 5) is 25.3. The van der Waals surface area contributed by atoms with Crippen LogP contribution in [0.1, 0.15) is 213 Å². The fourth-order valence-electron chi connectivity index (χ4n) is 6.83. The molecule has 0 radical (unpaired) electrons. The average Bonchev–Trinajstić information content (AvgIpc) is 3.19. The van der Waals surface area contributed by atoms with Crippen LogP contribution in [0.25, 0.3) is 0 Å². The molecular weight excluding hydrogens is 756 g/mol. The number of rotatable bonds is 44. The number of aliphatic hydroxyl groups is 1. The van der Waals surface area contributed by atoms with E-state index in [2.05, 4.69) is 55.6 Å². The van der Waals surface area contributed by atoms with E-state index in [0.717, 1.165) is 51.4 Å². The molecule has 0 spiro atoms. The Bertz CT molecular complexity index is 1100. The molecule has 3 atom stereocenters. The van der Waals surface area contributed by atoms with Gasteiger partial charge >= 0.3 is 0 Å². The van der Waals surface area contributed by atoms with Gasteiger partial charge in [0.05, 0.1) is 39.9 Å². The van der Waals surface area contributed by atoms with Crippen molar-refractivity contribution in [1.82, 2.24) is 5.32 Å². The number of phosphoric ester groups is 1. The van der Waals surface area contributed by atoms with Gasteiger partial charge < -0.3 is 28.8 Å². The Morgan fingerprint density at radius 2 is 0.949 bits per heavy atom. The van der Waals surface area contributed by atoms with Crippen molar-refractivity contribution in [3.05, 3.63) is 48.6 Å². The molecule has 3 unspecified atom stereocenters. The molecule has 0 saturated heterocycles. The molecule has 0 aliphatic carbocycles. The number of quaternary nitrogens is 1. The number of likely N-dealkylation sites (N-methyl/N-ethyl adjacent to an activating group) is 1. The molecule has 0 heterocycles. The Kier molecular flexibility index (Phi) is 40.7. The van der Waals surface area contributed by atoms with Crippen LogP contribution < -0.4 is 10.2 Å². The van der Waals surface area contributed by atoms with Crippen LogP contribution in [0, 0.1) is 0 Å². The lowest BCUT2D eigenvalue weighted by Crippen LogP contribution is -2.45. The number of carbonyl (C=O) groups is 1. The average molecular weight is 851 g/mol. The predicted molar refractivity (Wildman–Crippen MR) is 251 cm³/mol. The van der Waals surface area contributed by atoms with Gasteiger partial charge in [-0.1, -0.05) is 184 Å². The molecule has 9 heteroatoms. The molecule has 2 N–H and O–H groups in total. The number of nitrogens with one attached hydrogen (secondary N) is 1. The molecular formula is C50H95N2O6P. The first-order valence-electron chi connectivity index (χ1n) is 24.5. The van der Waals surface area contributed by atoms with Crippen LogP contribution in [0.4, 0.5) is 0 Å². The van der Waals surface area contributed by atoms with E-state index in [-0.39, 0.29) is 12.5 Å². The molecule has 0 aliphatic rings. The first-order valence-corrected chi connectivity index (χ1v) is 26.0. The second kappa shape index (κ2) is 41.8. The maximum atomic E-state index is 12.9. The van der Waals surface area contributed by atoms with E-state index in [1.54, 1.807) is 6.08 Å². The molecule has 0 aromatic rings. The molecule has 346 valence electrons. The minimum atomic E-state index is -4.60. The van der Waals surface area contributed by atoms with Crippen LogP contribution >= 0.6 is 7.82 Å². The Balaban J connectivity index is 4.32. The summed E-state index contributed by atoms with van der Waals surface area (Å²) in [5, 5.41) is 13.8. The van der Waals surface area contributed by atoms with Crippen LogP contribution in [0.2, 0.25) is 0 Å². The molecule has 0 rings (SSSR count). The number of nitrogens with zero attached hydrogens (tertiary/aromatic N) is 1. The zero-order valence-corrected chi connectivity index (χ0v) is 40.1. The normalized spacial score (nSPS) is 14.6. The van der Waals surface area contributed by atoms with Crippen molar-refractivity contribution in [2.45, 2.75) is 225 Å². The van der Waals surface area contributed by atoms with E-state index in [1.165, 1.54) is 141 Å². The molecule has 1 amide bonds. The second-order valence-corrected chi connectivity index (χ2v) is 19.2. The van der Waals surface area contributed by atoms with Crippen molar-refractivity contribution in [1.29, 1.82) is 0 Å². The largest absolute Gasteiger partial charge is 0.756 e. The van der Waals surface area contributed by atoms with Crippen LogP contribution in [0.15, 0.2) is 48.6 Å². The Labute approximate surface area is 365 Å². The lowest BCUT2D eigenvalue weighted by atomic mass is 10.0. The highest BCUT2D eigenvalue weighted by atomic mass is 31.2. The number of amides is 1. The Morgan fingerprint density at radius 3 is 1.39 bits per heavy atom. The topological polar surface area (TPSA) is 108 Å². The van der Waals surface area contributed by atoms with Crippen molar-refractivity contribution >= 4 is 13.7 Å². The van der Waals surface area contributed by atoms with Gasteiger partial charge in [-0.2, -0.15) is 0 Å². The zero-order valence-electron chi connectivity index (χ0n) is 39.2. The first-order chi connectivity index (χ1) is 28.5. The molecule has 0 fully saturated rings. The molecule has 0 aromatic heterocycles. The lowest BCUT2D eigenvalue weighted by molar-refractivity contribution is -0.870.